The topological polar surface area (TPSA) is 44.1 Å². The van der Waals surface area contributed by atoms with Gasteiger partial charge in [0.2, 0.25) is 0 Å². The molecule has 0 fully saturated rings. The molecule has 1 aromatic heterocycles. The van der Waals surface area contributed by atoms with Gasteiger partial charge in [0, 0.05) is 19.9 Å². The number of carbonyl (C=O) groups excluding carboxylic acids is 1. The largest absolute Gasteiger partial charge is 0.374 e. The maximum absolute atomic E-state index is 11.5. The van der Waals surface area contributed by atoms with Crippen LogP contribution in [0.5, 0.6) is 0 Å². The zero-order chi connectivity index (χ0) is 9.84. The molecule has 0 aromatic carbocycles. The Bertz CT molecular complexity index is 305. The molecule has 0 saturated carbocycles. The molecule has 13 heavy (non-hydrogen) atoms. The van der Waals surface area contributed by atoms with Gasteiger partial charge in [-0.2, -0.15) is 5.10 Å². The quantitative estimate of drug-likeness (QED) is 0.651. The third-order valence-electron chi connectivity index (χ3n) is 1.75. The molecule has 0 amide bonds. The Balaban J connectivity index is 2.70. The molecule has 4 heteroatoms. The highest BCUT2D eigenvalue weighted by Gasteiger charge is 2.11. The first-order valence-electron chi connectivity index (χ1n) is 4.26. The van der Waals surface area contributed by atoms with Gasteiger partial charge in [0.1, 0.15) is 6.61 Å². The van der Waals surface area contributed by atoms with E-state index in [1.807, 2.05) is 13.8 Å². The van der Waals surface area contributed by atoms with Crippen molar-refractivity contribution >= 4 is 5.78 Å². The lowest BCUT2D eigenvalue weighted by atomic mass is 10.2. The molecule has 1 heterocycles. The fourth-order valence-electron chi connectivity index (χ4n) is 1.15. The summed E-state index contributed by atoms with van der Waals surface area (Å²) in [6.07, 6.45) is 1.72. The van der Waals surface area contributed by atoms with E-state index in [1.54, 1.807) is 17.9 Å². The highest BCUT2D eigenvalue weighted by molar-refractivity contribution is 5.97. The minimum absolute atomic E-state index is 0.00699. The molecule has 0 radical (unpaired) electrons. The van der Waals surface area contributed by atoms with E-state index in [1.165, 1.54) is 0 Å². The van der Waals surface area contributed by atoms with Crippen LogP contribution in [-0.4, -0.2) is 28.8 Å². The lowest BCUT2D eigenvalue weighted by Crippen LogP contribution is -2.09. The first-order valence-corrected chi connectivity index (χ1v) is 4.26. The second kappa shape index (κ2) is 4.18. The number of nitrogens with zero attached hydrogens (tertiary/aromatic N) is 2. The lowest BCUT2D eigenvalue weighted by Gasteiger charge is -1.98. The first kappa shape index (κ1) is 9.92. The Morgan fingerprint density at radius 1 is 1.69 bits per heavy atom. The third-order valence-corrected chi connectivity index (χ3v) is 1.75. The number of ketones is 1. The van der Waals surface area contributed by atoms with E-state index >= 15 is 0 Å². The van der Waals surface area contributed by atoms with Gasteiger partial charge in [-0.25, -0.2) is 0 Å². The summed E-state index contributed by atoms with van der Waals surface area (Å²) in [5.74, 6) is -0.00699. The Morgan fingerprint density at radius 2 is 2.38 bits per heavy atom. The summed E-state index contributed by atoms with van der Waals surface area (Å²) in [4.78, 5) is 11.5. The molecule has 0 spiro atoms. The number of aromatic nitrogens is 2. The zero-order valence-corrected chi connectivity index (χ0v) is 8.20. The third kappa shape index (κ3) is 2.39. The number of hydrogen-bond donors (Lipinski definition) is 0. The average Bonchev–Trinajstić information content (AvgIpc) is 2.41. The normalized spacial score (nSPS) is 10.4. The molecule has 4 nitrogen and oxygen atoms in total. The molecule has 1 rings (SSSR count). The van der Waals surface area contributed by atoms with Crippen molar-refractivity contribution in [1.29, 1.82) is 0 Å². The van der Waals surface area contributed by atoms with E-state index < -0.39 is 0 Å². The Labute approximate surface area is 77.5 Å². The fraction of sp³-hybridized carbons (Fsp3) is 0.556. The summed E-state index contributed by atoms with van der Waals surface area (Å²) in [5, 5.41) is 4.08. The summed E-state index contributed by atoms with van der Waals surface area (Å²) in [6.45, 7) is 4.39. The van der Waals surface area contributed by atoms with Crippen LogP contribution in [-0.2, 0) is 11.8 Å². The van der Waals surface area contributed by atoms with Gasteiger partial charge < -0.3 is 4.74 Å². The summed E-state index contributed by atoms with van der Waals surface area (Å²) in [7, 11) is 1.80. The van der Waals surface area contributed by atoms with Gasteiger partial charge in [0.15, 0.2) is 5.78 Å². The van der Waals surface area contributed by atoms with E-state index in [0.717, 1.165) is 5.69 Å². The molecule has 0 N–H and O–H groups in total. The molecular weight excluding hydrogens is 168 g/mol. The standard InChI is InChI=1S/C9H14N2O2/c1-4-13-6-9(12)8-5-11(3)10-7(8)2/h5H,4,6H2,1-3H3. The van der Waals surface area contributed by atoms with Crippen LogP contribution in [0.4, 0.5) is 0 Å². The molecule has 0 aliphatic carbocycles. The monoisotopic (exact) mass is 182 g/mol. The summed E-state index contributed by atoms with van der Waals surface area (Å²) in [5.41, 5.74) is 1.41. The van der Waals surface area contributed by atoms with Crippen LogP contribution in [0.1, 0.15) is 23.0 Å². The molecule has 0 aliphatic heterocycles. The summed E-state index contributed by atoms with van der Waals surface area (Å²) >= 11 is 0. The lowest BCUT2D eigenvalue weighted by molar-refractivity contribution is 0.0782. The molecule has 0 aliphatic rings. The highest BCUT2D eigenvalue weighted by atomic mass is 16.5. The highest BCUT2D eigenvalue weighted by Crippen LogP contribution is 2.05. The van der Waals surface area contributed by atoms with Crippen molar-refractivity contribution < 1.29 is 9.53 Å². The van der Waals surface area contributed by atoms with Crippen LogP contribution in [0.2, 0.25) is 0 Å². The Hall–Kier alpha value is -1.16. The first-order chi connectivity index (χ1) is 6.15. The van der Waals surface area contributed by atoms with Crippen molar-refractivity contribution in [2.75, 3.05) is 13.2 Å². The number of rotatable bonds is 4. The van der Waals surface area contributed by atoms with Gasteiger partial charge in [0.05, 0.1) is 11.3 Å². The number of hydrogen-bond acceptors (Lipinski definition) is 3. The minimum Gasteiger partial charge on any atom is -0.374 e. The van der Waals surface area contributed by atoms with Crippen molar-refractivity contribution in [3.63, 3.8) is 0 Å². The SMILES string of the molecule is CCOCC(=O)c1cn(C)nc1C. The van der Waals surface area contributed by atoms with Crippen LogP contribution in [0.3, 0.4) is 0 Å². The van der Waals surface area contributed by atoms with Crippen LogP contribution in [0, 0.1) is 6.92 Å². The van der Waals surface area contributed by atoms with E-state index in [4.69, 9.17) is 4.74 Å². The van der Waals surface area contributed by atoms with Crippen molar-refractivity contribution in [1.82, 2.24) is 9.78 Å². The van der Waals surface area contributed by atoms with Crippen molar-refractivity contribution in [2.45, 2.75) is 13.8 Å². The Kier molecular flexibility index (Phi) is 3.19. The summed E-state index contributed by atoms with van der Waals surface area (Å²) in [6, 6.07) is 0. The van der Waals surface area contributed by atoms with Crippen LogP contribution < -0.4 is 0 Å². The number of aryl methyl sites for hydroxylation is 2. The molecule has 0 unspecified atom stereocenters. The van der Waals surface area contributed by atoms with E-state index in [2.05, 4.69) is 5.10 Å². The average molecular weight is 182 g/mol. The molecule has 0 saturated heterocycles. The second-order valence-electron chi connectivity index (χ2n) is 2.86. The maximum Gasteiger partial charge on any atom is 0.191 e. The minimum atomic E-state index is -0.00699. The van der Waals surface area contributed by atoms with Gasteiger partial charge in [0.25, 0.3) is 0 Å². The Morgan fingerprint density at radius 3 is 2.85 bits per heavy atom. The van der Waals surface area contributed by atoms with Crippen LogP contribution in [0.15, 0.2) is 6.20 Å². The predicted octanol–water partition coefficient (Wildman–Crippen LogP) is 0.948. The van der Waals surface area contributed by atoms with E-state index in [-0.39, 0.29) is 12.4 Å². The predicted molar refractivity (Wildman–Crippen MR) is 48.8 cm³/mol. The van der Waals surface area contributed by atoms with Crippen molar-refractivity contribution in [3.05, 3.63) is 17.5 Å². The number of Topliss-reactive ketones (excluding diaryl/α,β-unsaturated/α-hetero) is 1. The van der Waals surface area contributed by atoms with Crippen molar-refractivity contribution in [2.24, 2.45) is 7.05 Å². The zero-order valence-electron chi connectivity index (χ0n) is 8.20. The number of carbonyl (C=O) groups is 1. The van der Waals surface area contributed by atoms with Gasteiger partial charge >= 0.3 is 0 Å². The van der Waals surface area contributed by atoms with Gasteiger partial charge in [-0.1, -0.05) is 0 Å². The van der Waals surface area contributed by atoms with Crippen molar-refractivity contribution in [3.8, 4) is 0 Å². The molecule has 0 atom stereocenters. The van der Waals surface area contributed by atoms with Gasteiger partial charge in [-0.3, -0.25) is 9.48 Å². The maximum atomic E-state index is 11.5. The van der Waals surface area contributed by atoms with Crippen LogP contribution in [0.25, 0.3) is 0 Å². The smallest absolute Gasteiger partial charge is 0.191 e. The molecule has 72 valence electrons. The van der Waals surface area contributed by atoms with E-state index in [0.29, 0.717) is 12.2 Å². The van der Waals surface area contributed by atoms with Crippen LogP contribution >= 0.6 is 0 Å². The second-order valence-corrected chi connectivity index (χ2v) is 2.86. The molecule has 1 aromatic rings. The number of ether oxygens (including phenoxy) is 1. The van der Waals surface area contributed by atoms with Gasteiger partial charge in [-0.05, 0) is 13.8 Å². The summed E-state index contributed by atoms with van der Waals surface area (Å²) < 4.78 is 6.66. The molecular formula is C9H14N2O2. The van der Waals surface area contributed by atoms with Gasteiger partial charge in [-0.15, -0.1) is 0 Å². The fourth-order valence-corrected chi connectivity index (χ4v) is 1.15. The van der Waals surface area contributed by atoms with E-state index in [9.17, 15) is 4.79 Å². The molecule has 0 bridgehead atoms.